The second-order valence-electron chi connectivity index (χ2n) is 7.87. The number of methoxy groups -OCH3 is 1. The van der Waals surface area contributed by atoms with Gasteiger partial charge in [-0.05, 0) is 39.0 Å². The van der Waals surface area contributed by atoms with Crippen molar-refractivity contribution in [2.45, 2.75) is 33.0 Å². The van der Waals surface area contributed by atoms with Crippen LogP contribution in [0.2, 0.25) is 0 Å². The van der Waals surface area contributed by atoms with Gasteiger partial charge < -0.3 is 14.4 Å². The van der Waals surface area contributed by atoms with Crippen LogP contribution in [0.5, 0.6) is 5.75 Å². The zero-order valence-electron chi connectivity index (χ0n) is 17.7. The number of morpholine rings is 1. The van der Waals surface area contributed by atoms with Crippen LogP contribution in [0.3, 0.4) is 0 Å². The first kappa shape index (κ1) is 20.2. The summed E-state index contributed by atoms with van der Waals surface area (Å²) >= 11 is 0. The van der Waals surface area contributed by atoms with Crippen molar-refractivity contribution in [2.75, 3.05) is 25.1 Å². The molecular formula is C24H26N2O4. The Morgan fingerprint density at radius 1 is 0.933 bits per heavy atom. The number of hydrogen-bond donors (Lipinski definition) is 0. The summed E-state index contributed by atoms with van der Waals surface area (Å²) < 4.78 is 11.4. The summed E-state index contributed by atoms with van der Waals surface area (Å²) in [6.07, 6.45) is -0.0898. The van der Waals surface area contributed by atoms with Gasteiger partial charge in [-0.2, -0.15) is 0 Å². The average molecular weight is 406 g/mol. The number of anilines is 1. The van der Waals surface area contributed by atoms with Gasteiger partial charge in [-0.25, -0.2) is 4.90 Å². The highest BCUT2D eigenvalue weighted by atomic mass is 16.5. The third-order valence-corrected chi connectivity index (χ3v) is 5.46. The van der Waals surface area contributed by atoms with Crippen molar-refractivity contribution in [3.63, 3.8) is 0 Å². The third-order valence-electron chi connectivity index (χ3n) is 5.46. The number of carbonyl (C=O) groups excluding carboxylic acids is 2. The number of imide groups is 1. The van der Waals surface area contributed by atoms with Crippen LogP contribution in [-0.4, -0.2) is 49.1 Å². The number of amides is 2. The maximum Gasteiger partial charge on any atom is 0.282 e. The number of para-hydroxylation sites is 1. The number of carbonyl (C=O) groups is 2. The van der Waals surface area contributed by atoms with E-state index in [1.165, 1.54) is 4.90 Å². The van der Waals surface area contributed by atoms with Crippen LogP contribution >= 0.6 is 0 Å². The van der Waals surface area contributed by atoms with E-state index in [1.54, 1.807) is 25.3 Å². The highest BCUT2D eigenvalue weighted by Gasteiger charge is 2.44. The SMILES string of the molecule is COc1ccccc1C1=C(N2CC(C)OC(C)C2)C(=O)N(c2ccc(C)cc2)C1=O. The number of rotatable bonds is 4. The molecule has 0 aliphatic carbocycles. The molecule has 2 atom stereocenters. The Morgan fingerprint density at radius 3 is 2.20 bits per heavy atom. The van der Waals surface area contributed by atoms with Crippen molar-refractivity contribution in [3.05, 3.63) is 65.4 Å². The van der Waals surface area contributed by atoms with E-state index in [0.29, 0.717) is 41.4 Å². The van der Waals surface area contributed by atoms with Crippen molar-refractivity contribution in [3.8, 4) is 5.75 Å². The zero-order chi connectivity index (χ0) is 21.4. The quantitative estimate of drug-likeness (QED) is 0.729. The van der Waals surface area contributed by atoms with Crippen molar-refractivity contribution in [1.29, 1.82) is 0 Å². The Hall–Kier alpha value is -3.12. The van der Waals surface area contributed by atoms with Gasteiger partial charge in [0.1, 0.15) is 11.4 Å². The van der Waals surface area contributed by atoms with Gasteiger partial charge in [0.15, 0.2) is 0 Å². The molecule has 0 aromatic heterocycles. The number of ether oxygens (including phenoxy) is 2. The van der Waals surface area contributed by atoms with Crippen molar-refractivity contribution >= 4 is 23.1 Å². The fraction of sp³-hybridized carbons (Fsp3) is 0.333. The summed E-state index contributed by atoms with van der Waals surface area (Å²) in [4.78, 5) is 30.5. The van der Waals surface area contributed by atoms with Gasteiger partial charge in [-0.3, -0.25) is 9.59 Å². The number of hydrogen-bond acceptors (Lipinski definition) is 5. The normalized spacial score (nSPS) is 22.1. The van der Waals surface area contributed by atoms with Gasteiger partial charge in [0, 0.05) is 18.7 Å². The molecule has 0 spiro atoms. The van der Waals surface area contributed by atoms with E-state index in [4.69, 9.17) is 9.47 Å². The predicted molar refractivity (Wildman–Crippen MR) is 115 cm³/mol. The van der Waals surface area contributed by atoms with Crippen LogP contribution in [0.4, 0.5) is 5.69 Å². The fourth-order valence-corrected chi connectivity index (χ4v) is 4.19. The Balaban J connectivity index is 1.87. The lowest BCUT2D eigenvalue weighted by atomic mass is 10.0. The first-order chi connectivity index (χ1) is 14.4. The summed E-state index contributed by atoms with van der Waals surface area (Å²) in [5, 5.41) is 0. The van der Waals surface area contributed by atoms with Crippen LogP contribution in [0, 0.1) is 6.92 Å². The highest BCUT2D eigenvalue weighted by molar-refractivity contribution is 6.45. The van der Waals surface area contributed by atoms with Crippen LogP contribution in [0.15, 0.2) is 54.2 Å². The van der Waals surface area contributed by atoms with E-state index in [2.05, 4.69) is 0 Å². The Labute approximate surface area is 176 Å². The first-order valence-corrected chi connectivity index (χ1v) is 10.1. The molecule has 156 valence electrons. The first-order valence-electron chi connectivity index (χ1n) is 10.1. The van der Waals surface area contributed by atoms with Gasteiger partial charge in [-0.1, -0.05) is 35.9 Å². The largest absolute Gasteiger partial charge is 0.496 e. The van der Waals surface area contributed by atoms with Gasteiger partial charge in [0.2, 0.25) is 0 Å². The highest BCUT2D eigenvalue weighted by Crippen LogP contribution is 2.39. The predicted octanol–water partition coefficient (Wildman–Crippen LogP) is 3.40. The summed E-state index contributed by atoms with van der Waals surface area (Å²) in [6, 6.07) is 14.7. The Bertz CT molecular complexity index is 1000. The van der Waals surface area contributed by atoms with Gasteiger partial charge in [-0.15, -0.1) is 0 Å². The minimum absolute atomic E-state index is 0.0449. The zero-order valence-corrected chi connectivity index (χ0v) is 17.7. The molecule has 2 heterocycles. The van der Waals surface area contributed by atoms with Crippen LogP contribution in [0.1, 0.15) is 25.0 Å². The van der Waals surface area contributed by atoms with E-state index in [9.17, 15) is 9.59 Å². The van der Waals surface area contributed by atoms with Crippen LogP contribution in [0.25, 0.3) is 5.57 Å². The topological polar surface area (TPSA) is 59.1 Å². The van der Waals surface area contributed by atoms with Crippen molar-refractivity contribution in [1.82, 2.24) is 4.90 Å². The summed E-state index contributed by atoms with van der Waals surface area (Å²) in [7, 11) is 1.57. The summed E-state index contributed by atoms with van der Waals surface area (Å²) in [5.41, 5.74) is 3.03. The van der Waals surface area contributed by atoms with Gasteiger partial charge in [0.25, 0.3) is 11.8 Å². The molecule has 0 saturated carbocycles. The van der Waals surface area contributed by atoms with E-state index in [0.717, 1.165) is 5.56 Å². The second-order valence-corrected chi connectivity index (χ2v) is 7.87. The fourth-order valence-electron chi connectivity index (χ4n) is 4.19. The molecule has 6 nitrogen and oxygen atoms in total. The third kappa shape index (κ3) is 3.48. The molecule has 2 unspecified atom stereocenters. The molecule has 4 rings (SSSR count). The minimum Gasteiger partial charge on any atom is -0.496 e. The molecule has 2 amide bonds. The maximum absolute atomic E-state index is 13.6. The standard InChI is InChI=1S/C24H26N2O4/c1-15-9-11-18(12-10-15)26-23(27)21(19-7-5-6-8-20(19)29-4)22(24(26)28)25-13-16(2)30-17(3)14-25/h5-12,16-17H,13-14H2,1-4H3. The molecule has 2 aliphatic rings. The summed E-state index contributed by atoms with van der Waals surface area (Å²) in [5.74, 6) is -0.0903. The average Bonchev–Trinajstić information content (AvgIpc) is 2.98. The lowest BCUT2D eigenvalue weighted by Crippen LogP contribution is -2.47. The van der Waals surface area contributed by atoms with Gasteiger partial charge >= 0.3 is 0 Å². The van der Waals surface area contributed by atoms with Crippen molar-refractivity contribution < 1.29 is 19.1 Å². The van der Waals surface area contributed by atoms with Gasteiger partial charge in [0.05, 0.1) is 30.6 Å². The molecular weight excluding hydrogens is 380 g/mol. The monoisotopic (exact) mass is 406 g/mol. The minimum atomic E-state index is -0.338. The lowest BCUT2D eigenvalue weighted by Gasteiger charge is -2.37. The van der Waals surface area contributed by atoms with Crippen molar-refractivity contribution in [2.24, 2.45) is 0 Å². The van der Waals surface area contributed by atoms with E-state index < -0.39 is 0 Å². The molecule has 6 heteroatoms. The maximum atomic E-state index is 13.6. The van der Waals surface area contributed by atoms with Crippen LogP contribution < -0.4 is 9.64 Å². The second kappa shape index (κ2) is 7.95. The Morgan fingerprint density at radius 2 is 1.57 bits per heavy atom. The molecule has 2 aliphatic heterocycles. The molecule has 2 aromatic carbocycles. The van der Waals surface area contributed by atoms with E-state index >= 15 is 0 Å². The molecule has 0 radical (unpaired) electrons. The molecule has 0 N–H and O–H groups in total. The number of benzene rings is 2. The lowest BCUT2D eigenvalue weighted by molar-refractivity contribution is -0.121. The molecule has 1 fully saturated rings. The number of aryl methyl sites for hydroxylation is 1. The molecule has 30 heavy (non-hydrogen) atoms. The molecule has 1 saturated heterocycles. The Kier molecular flexibility index (Phi) is 5.35. The number of nitrogens with zero attached hydrogens (tertiary/aromatic N) is 2. The van der Waals surface area contributed by atoms with E-state index in [1.807, 2.05) is 56.0 Å². The van der Waals surface area contributed by atoms with E-state index in [-0.39, 0.29) is 24.0 Å². The molecule has 2 aromatic rings. The van der Waals surface area contributed by atoms with Crippen LogP contribution in [-0.2, 0) is 14.3 Å². The smallest absolute Gasteiger partial charge is 0.282 e. The summed E-state index contributed by atoms with van der Waals surface area (Å²) in [6.45, 7) is 7.01. The molecule has 0 bridgehead atoms.